The van der Waals surface area contributed by atoms with Gasteiger partial charge >= 0.3 is 5.69 Å². The van der Waals surface area contributed by atoms with Crippen LogP contribution in [0.25, 0.3) is 5.65 Å². The monoisotopic (exact) mass is 264 g/mol. The first kappa shape index (κ1) is 13.1. The van der Waals surface area contributed by atoms with Gasteiger partial charge in [-0.3, -0.25) is 4.79 Å². The topological polar surface area (TPSA) is 104 Å². The first-order valence-corrected chi connectivity index (χ1v) is 5.95. The summed E-state index contributed by atoms with van der Waals surface area (Å²) >= 11 is 0. The van der Waals surface area contributed by atoms with Crippen LogP contribution in [-0.2, 0) is 4.79 Å². The van der Waals surface area contributed by atoms with Crippen molar-refractivity contribution in [3.05, 3.63) is 22.4 Å². The molecule has 2 rings (SSSR count). The molecule has 0 aliphatic rings. The van der Waals surface area contributed by atoms with E-state index in [1.807, 2.05) is 13.8 Å². The second kappa shape index (κ2) is 5.09. The quantitative estimate of drug-likeness (QED) is 0.701. The smallest absolute Gasteiger partial charge is 0.349 e. The lowest BCUT2D eigenvalue weighted by Crippen LogP contribution is -2.35. The summed E-state index contributed by atoms with van der Waals surface area (Å²) in [7, 11) is 0. The number of aryl methyl sites for hydroxylation is 1. The molecule has 19 heavy (non-hydrogen) atoms. The van der Waals surface area contributed by atoms with Crippen molar-refractivity contribution in [2.75, 3.05) is 11.9 Å². The molecule has 2 aromatic heterocycles. The van der Waals surface area contributed by atoms with E-state index in [1.54, 1.807) is 13.0 Å². The summed E-state index contributed by atoms with van der Waals surface area (Å²) < 4.78 is 1.36. The van der Waals surface area contributed by atoms with E-state index < -0.39 is 0 Å². The average molecular weight is 264 g/mol. The van der Waals surface area contributed by atoms with E-state index in [4.69, 9.17) is 0 Å². The number of amides is 1. The Hall–Kier alpha value is -2.38. The maximum Gasteiger partial charge on any atom is 0.349 e. The summed E-state index contributed by atoms with van der Waals surface area (Å²) in [6, 6.07) is 1.70. The first-order chi connectivity index (χ1) is 8.97. The van der Waals surface area contributed by atoms with E-state index in [-0.39, 0.29) is 24.2 Å². The number of nitrogens with zero attached hydrogens (tertiary/aromatic N) is 3. The highest BCUT2D eigenvalue weighted by Gasteiger charge is 2.08. The molecule has 0 saturated heterocycles. The van der Waals surface area contributed by atoms with Gasteiger partial charge in [-0.25, -0.2) is 19.3 Å². The number of carbonyl (C=O) groups is 1. The summed E-state index contributed by atoms with van der Waals surface area (Å²) in [4.78, 5) is 27.1. The highest BCUT2D eigenvalue weighted by atomic mass is 16.2. The fourth-order valence-electron chi connectivity index (χ4n) is 1.73. The number of rotatable bonds is 4. The third kappa shape index (κ3) is 2.90. The van der Waals surface area contributed by atoms with Gasteiger partial charge in [-0.2, -0.15) is 5.10 Å². The van der Waals surface area contributed by atoms with Crippen LogP contribution in [0.1, 0.15) is 19.7 Å². The van der Waals surface area contributed by atoms with Crippen LogP contribution in [0.3, 0.4) is 0 Å². The van der Waals surface area contributed by atoms with Crippen LogP contribution in [0, 0.1) is 6.92 Å². The number of aromatic nitrogens is 4. The highest BCUT2D eigenvalue weighted by molar-refractivity contribution is 5.80. The van der Waals surface area contributed by atoms with Crippen LogP contribution in [0.4, 0.5) is 5.82 Å². The Balaban J connectivity index is 2.14. The van der Waals surface area contributed by atoms with Gasteiger partial charge in [0.15, 0.2) is 5.65 Å². The van der Waals surface area contributed by atoms with E-state index >= 15 is 0 Å². The molecule has 0 spiro atoms. The Morgan fingerprint density at radius 2 is 2.26 bits per heavy atom. The zero-order chi connectivity index (χ0) is 14.0. The van der Waals surface area contributed by atoms with Crippen molar-refractivity contribution >= 4 is 17.4 Å². The molecule has 2 heterocycles. The SMILES string of the molecule is Cc1nc(NCC(=O)NC(C)C)cc2n[nH]c(=O)n12. The predicted octanol–water partition coefficient (Wildman–Crippen LogP) is -0.337. The molecule has 3 N–H and O–H groups in total. The van der Waals surface area contributed by atoms with Gasteiger partial charge in [-0.15, -0.1) is 0 Å². The van der Waals surface area contributed by atoms with Gasteiger partial charge in [-0.05, 0) is 20.8 Å². The number of hydrogen-bond donors (Lipinski definition) is 3. The minimum Gasteiger partial charge on any atom is -0.361 e. The zero-order valence-electron chi connectivity index (χ0n) is 11.0. The van der Waals surface area contributed by atoms with Gasteiger partial charge in [0.05, 0.1) is 6.54 Å². The second-order valence-corrected chi connectivity index (χ2v) is 4.49. The molecule has 102 valence electrons. The van der Waals surface area contributed by atoms with Crippen molar-refractivity contribution in [3.63, 3.8) is 0 Å². The summed E-state index contributed by atoms with van der Waals surface area (Å²) in [6.07, 6.45) is 0. The van der Waals surface area contributed by atoms with Crippen LogP contribution >= 0.6 is 0 Å². The van der Waals surface area contributed by atoms with E-state index in [0.29, 0.717) is 17.3 Å². The molecule has 0 aromatic carbocycles. The normalized spacial score (nSPS) is 10.9. The van der Waals surface area contributed by atoms with Crippen LogP contribution in [-0.4, -0.2) is 38.1 Å². The number of aromatic amines is 1. The van der Waals surface area contributed by atoms with Gasteiger partial charge in [0.2, 0.25) is 5.91 Å². The molecule has 8 nitrogen and oxygen atoms in total. The summed E-state index contributed by atoms with van der Waals surface area (Å²) in [5, 5.41) is 11.9. The molecule has 2 aromatic rings. The minimum absolute atomic E-state index is 0.0939. The molecule has 0 bridgehead atoms. The first-order valence-electron chi connectivity index (χ1n) is 5.95. The summed E-state index contributed by atoms with van der Waals surface area (Å²) in [6.45, 7) is 5.60. The Kier molecular flexibility index (Phi) is 3.50. The van der Waals surface area contributed by atoms with Crippen LogP contribution in [0.2, 0.25) is 0 Å². The number of anilines is 1. The minimum atomic E-state index is -0.330. The Morgan fingerprint density at radius 1 is 1.53 bits per heavy atom. The Labute approximate surface area is 109 Å². The van der Waals surface area contributed by atoms with Crippen molar-refractivity contribution in [1.29, 1.82) is 0 Å². The lowest BCUT2D eigenvalue weighted by molar-refractivity contribution is -0.119. The van der Waals surface area contributed by atoms with E-state index in [9.17, 15) is 9.59 Å². The van der Waals surface area contributed by atoms with Gasteiger partial charge in [0, 0.05) is 12.1 Å². The third-order valence-corrected chi connectivity index (χ3v) is 2.45. The average Bonchev–Trinajstić information content (AvgIpc) is 2.68. The van der Waals surface area contributed by atoms with E-state index in [1.165, 1.54) is 4.40 Å². The number of H-pyrrole nitrogens is 1. The molecule has 8 heteroatoms. The second-order valence-electron chi connectivity index (χ2n) is 4.49. The largest absolute Gasteiger partial charge is 0.361 e. The van der Waals surface area contributed by atoms with Crippen LogP contribution in [0.5, 0.6) is 0 Å². The molecule has 0 aliphatic carbocycles. The van der Waals surface area contributed by atoms with Crippen molar-refractivity contribution in [3.8, 4) is 0 Å². The lowest BCUT2D eigenvalue weighted by Gasteiger charge is -2.10. The third-order valence-electron chi connectivity index (χ3n) is 2.45. The van der Waals surface area contributed by atoms with Gasteiger partial charge < -0.3 is 10.6 Å². The van der Waals surface area contributed by atoms with Crippen LogP contribution < -0.4 is 16.3 Å². The molecule has 0 radical (unpaired) electrons. The molecule has 1 amide bonds. The summed E-state index contributed by atoms with van der Waals surface area (Å²) in [5.74, 6) is 0.889. The number of carbonyl (C=O) groups excluding carboxylic acids is 1. The molecule has 0 fully saturated rings. The lowest BCUT2D eigenvalue weighted by atomic mass is 10.4. The Bertz CT molecular complexity index is 657. The fraction of sp³-hybridized carbons (Fsp3) is 0.455. The molecule has 0 atom stereocenters. The van der Waals surface area contributed by atoms with Crippen LogP contribution in [0.15, 0.2) is 10.9 Å². The standard InChI is InChI=1S/C11H16N6O2/c1-6(2)13-10(18)5-12-8-4-9-15-16-11(19)17(9)7(3)14-8/h4,6,12H,5H2,1-3H3,(H,13,18)(H,16,19). The number of nitrogens with one attached hydrogen (secondary N) is 3. The molecule has 0 aliphatic heterocycles. The van der Waals surface area contributed by atoms with Gasteiger partial charge in [0.25, 0.3) is 0 Å². The molecule has 0 unspecified atom stereocenters. The summed E-state index contributed by atoms with van der Waals surface area (Å²) in [5.41, 5.74) is 0.133. The van der Waals surface area contributed by atoms with Crippen molar-refractivity contribution in [1.82, 2.24) is 24.9 Å². The van der Waals surface area contributed by atoms with Gasteiger partial charge in [-0.1, -0.05) is 0 Å². The van der Waals surface area contributed by atoms with Crippen molar-refractivity contribution in [2.45, 2.75) is 26.8 Å². The number of hydrogen-bond acceptors (Lipinski definition) is 5. The van der Waals surface area contributed by atoms with Crippen molar-refractivity contribution < 1.29 is 4.79 Å². The Morgan fingerprint density at radius 3 is 2.95 bits per heavy atom. The maximum absolute atomic E-state index is 11.5. The fourth-order valence-corrected chi connectivity index (χ4v) is 1.73. The molecule has 0 saturated carbocycles. The molecular weight excluding hydrogens is 248 g/mol. The van der Waals surface area contributed by atoms with E-state index in [0.717, 1.165) is 0 Å². The van der Waals surface area contributed by atoms with Gasteiger partial charge in [0.1, 0.15) is 11.6 Å². The zero-order valence-corrected chi connectivity index (χ0v) is 11.0. The predicted molar refractivity (Wildman–Crippen MR) is 70.1 cm³/mol. The van der Waals surface area contributed by atoms with E-state index in [2.05, 4.69) is 25.8 Å². The maximum atomic E-state index is 11.5. The highest BCUT2D eigenvalue weighted by Crippen LogP contribution is 2.07. The van der Waals surface area contributed by atoms with Crippen molar-refractivity contribution in [2.24, 2.45) is 0 Å². The molecular formula is C11H16N6O2. The number of fused-ring (bicyclic) bond motifs is 1.